The lowest BCUT2D eigenvalue weighted by atomic mass is 10.1. The number of nitrogens with one attached hydrogen (secondary N) is 1. The van der Waals surface area contributed by atoms with Gasteiger partial charge in [0.25, 0.3) is 0 Å². The molecule has 0 radical (unpaired) electrons. The van der Waals surface area contributed by atoms with Gasteiger partial charge < -0.3 is 19.7 Å². The lowest BCUT2D eigenvalue weighted by Crippen LogP contribution is -2.44. The molecule has 0 saturated carbocycles. The fourth-order valence-electron chi connectivity index (χ4n) is 4.29. The number of rotatable bonds is 6. The maximum atomic E-state index is 13.5. The highest BCUT2D eigenvalue weighted by molar-refractivity contribution is 8.00. The van der Waals surface area contributed by atoms with E-state index < -0.39 is 16.4 Å². The van der Waals surface area contributed by atoms with E-state index in [1.807, 2.05) is 76.0 Å². The second-order valence-electron chi connectivity index (χ2n) is 9.82. The molecule has 1 aromatic carbocycles. The van der Waals surface area contributed by atoms with Gasteiger partial charge in [0.15, 0.2) is 0 Å². The Hall–Kier alpha value is -3.27. The third-order valence-electron chi connectivity index (χ3n) is 6.10. The first-order chi connectivity index (χ1) is 17.0. The molecule has 9 nitrogen and oxygen atoms in total. The summed E-state index contributed by atoms with van der Waals surface area (Å²) in [5.41, 5.74) is 2.69. The first-order valence-corrected chi connectivity index (χ1v) is 13.2. The molecule has 2 aromatic heterocycles. The van der Waals surface area contributed by atoms with Gasteiger partial charge in [-0.25, -0.2) is 9.78 Å². The predicted molar refractivity (Wildman–Crippen MR) is 142 cm³/mol. The van der Waals surface area contributed by atoms with Crippen molar-refractivity contribution in [1.82, 2.24) is 19.7 Å². The molecular weight excluding hydrogens is 478 g/mol. The summed E-state index contributed by atoms with van der Waals surface area (Å²) in [5, 5.41) is 8.69. The van der Waals surface area contributed by atoms with E-state index in [9.17, 15) is 9.59 Å². The lowest BCUT2D eigenvalue weighted by molar-refractivity contribution is -0.118. The SMILES string of the molecule is CCOc1cc(-c2nn(C)c3ccc(NC(=O)[C@]4(SC)CCN(C(=O)OC(C)(C)C)C4)cc23)ccn1. The number of amides is 2. The molecule has 1 atom stereocenters. The second-order valence-corrected chi connectivity index (χ2v) is 11.0. The minimum Gasteiger partial charge on any atom is -0.478 e. The Kier molecular flexibility index (Phi) is 7.17. The van der Waals surface area contributed by atoms with Crippen molar-refractivity contribution < 1.29 is 19.1 Å². The molecular formula is C26H33N5O4S. The Morgan fingerprint density at radius 2 is 2.00 bits per heavy atom. The molecule has 1 aliphatic heterocycles. The Bertz CT molecular complexity index is 1290. The van der Waals surface area contributed by atoms with E-state index >= 15 is 0 Å². The molecule has 1 saturated heterocycles. The highest BCUT2D eigenvalue weighted by Gasteiger charge is 2.46. The molecule has 36 heavy (non-hydrogen) atoms. The van der Waals surface area contributed by atoms with Crippen LogP contribution in [0.4, 0.5) is 10.5 Å². The van der Waals surface area contributed by atoms with Crippen molar-refractivity contribution in [2.24, 2.45) is 7.05 Å². The number of fused-ring (bicyclic) bond motifs is 1. The summed E-state index contributed by atoms with van der Waals surface area (Å²) in [5.74, 6) is 0.407. The highest BCUT2D eigenvalue weighted by atomic mass is 32.2. The lowest BCUT2D eigenvalue weighted by Gasteiger charge is -2.28. The summed E-state index contributed by atoms with van der Waals surface area (Å²) in [7, 11) is 1.89. The van der Waals surface area contributed by atoms with Crippen LogP contribution < -0.4 is 10.1 Å². The van der Waals surface area contributed by atoms with E-state index in [1.54, 1.807) is 11.1 Å². The number of anilines is 1. The van der Waals surface area contributed by atoms with E-state index in [0.717, 1.165) is 22.2 Å². The number of thioether (sulfide) groups is 1. The monoisotopic (exact) mass is 511 g/mol. The van der Waals surface area contributed by atoms with E-state index in [4.69, 9.17) is 14.6 Å². The third kappa shape index (κ3) is 5.28. The normalized spacial score (nSPS) is 17.9. The summed E-state index contributed by atoms with van der Waals surface area (Å²) < 4.78 is 12.1. The molecule has 10 heteroatoms. The molecule has 0 spiro atoms. The predicted octanol–water partition coefficient (Wildman–Crippen LogP) is 4.72. The first-order valence-electron chi connectivity index (χ1n) is 12.0. The van der Waals surface area contributed by atoms with E-state index in [0.29, 0.717) is 37.7 Å². The zero-order valence-electron chi connectivity index (χ0n) is 21.6. The number of aryl methyl sites for hydroxylation is 1. The number of ether oxygens (including phenoxy) is 2. The molecule has 1 aliphatic rings. The van der Waals surface area contributed by atoms with Crippen LogP contribution in [0, 0.1) is 0 Å². The minimum atomic E-state index is -0.749. The number of hydrogen-bond donors (Lipinski definition) is 1. The van der Waals surface area contributed by atoms with Gasteiger partial charge in [-0.05, 0) is 64.6 Å². The van der Waals surface area contributed by atoms with Gasteiger partial charge in [0.2, 0.25) is 11.8 Å². The van der Waals surface area contributed by atoms with Crippen LogP contribution in [0.15, 0.2) is 36.5 Å². The van der Waals surface area contributed by atoms with E-state index in [-0.39, 0.29) is 5.91 Å². The summed E-state index contributed by atoms with van der Waals surface area (Å²) in [6.45, 7) is 8.72. The number of pyridine rings is 1. The smallest absolute Gasteiger partial charge is 0.410 e. The molecule has 3 aromatic rings. The molecule has 4 rings (SSSR count). The number of nitrogens with zero attached hydrogens (tertiary/aromatic N) is 4. The number of likely N-dealkylation sites (tertiary alicyclic amines) is 1. The first kappa shape index (κ1) is 25.8. The molecule has 0 aliphatic carbocycles. The molecule has 1 N–H and O–H groups in total. The van der Waals surface area contributed by atoms with Gasteiger partial charge in [0.05, 0.1) is 12.1 Å². The van der Waals surface area contributed by atoms with Crippen LogP contribution in [0.5, 0.6) is 5.88 Å². The fraction of sp³-hybridized carbons (Fsp3) is 0.462. The van der Waals surface area contributed by atoms with Crippen molar-refractivity contribution in [3.05, 3.63) is 36.5 Å². The Morgan fingerprint density at radius 3 is 2.69 bits per heavy atom. The van der Waals surface area contributed by atoms with Gasteiger partial charge in [-0.1, -0.05) is 0 Å². The van der Waals surface area contributed by atoms with Crippen molar-refractivity contribution in [1.29, 1.82) is 0 Å². The Labute approximate surface area is 215 Å². The van der Waals surface area contributed by atoms with Gasteiger partial charge in [-0.15, -0.1) is 11.8 Å². The summed E-state index contributed by atoms with van der Waals surface area (Å²) in [6, 6.07) is 9.51. The Morgan fingerprint density at radius 1 is 1.22 bits per heavy atom. The van der Waals surface area contributed by atoms with Crippen LogP contribution in [0.1, 0.15) is 34.1 Å². The van der Waals surface area contributed by atoms with Gasteiger partial charge in [0, 0.05) is 49.0 Å². The van der Waals surface area contributed by atoms with Gasteiger partial charge >= 0.3 is 6.09 Å². The van der Waals surface area contributed by atoms with E-state index in [1.165, 1.54) is 11.8 Å². The number of carbonyl (C=O) groups is 2. The maximum Gasteiger partial charge on any atom is 0.410 e. The number of benzene rings is 1. The fourth-order valence-corrected chi connectivity index (χ4v) is 5.11. The van der Waals surface area contributed by atoms with E-state index in [2.05, 4.69) is 10.3 Å². The van der Waals surface area contributed by atoms with Crippen molar-refractivity contribution >= 4 is 40.4 Å². The molecule has 192 valence electrons. The van der Waals surface area contributed by atoms with Crippen LogP contribution in [0.3, 0.4) is 0 Å². The summed E-state index contributed by atoms with van der Waals surface area (Å²) >= 11 is 1.46. The largest absolute Gasteiger partial charge is 0.478 e. The van der Waals surface area contributed by atoms with Gasteiger partial charge in [0.1, 0.15) is 16.0 Å². The van der Waals surface area contributed by atoms with Gasteiger partial charge in [-0.3, -0.25) is 9.48 Å². The number of hydrogen-bond acceptors (Lipinski definition) is 7. The average Bonchev–Trinajstić information content (AvgIpc) is 3.41. The van der Waals surface area contributed by atoms with Crippen LogP contribution in [-0.2, 0) is 16.6 Å². The zero-order chi connectivity index (χ0) is 26.1. The third-order valence-corrected chi connectivity index (χ3v) is 7.40. The minimum absolute atomic E-state index is 0.131. The van der Waals surface area contributed by atoms with Crippen LogP contribution >= 0.6 is 11.8 Å². The zero-order valence-corrected chi connectivity index (χ0v) is 22.4. The Balaban J connectivity index is 1.58. The van der Waals surface area contributed by atoms with Gasteiger partial charge in [-0.2, -0.15) is 5.10 Å². The molecule has 1 fully saturated rings. The summed E-state index contributed by atoms with van der Waals surface area (Å²) in [4.78, 5) is 31.9. The molecule has 0 unspecified atom stereocenters. The van der Waals surface area contributed by atoms with Crippen molar-refractivity contribution in [2.75, 3.05) is 31.3 Å². The van der Waals surface area contributed by atoms with Crippen molar-refractivity contribution in [3.8, 4) is 17.1 Å². The van der Waals surface area contributed by atoms with Crippen LogP contribution in [0.25, 0.3) is 22.2 Å². The standard InChI is InChI=1S/C26H33N5O4S/c1-7-34-21-14-17(10-12-27-21)22-19-15-18(8-9-20(19)30(5)29-22)28-23(32)26(36-6)11-13-31(16-26)24(33)35-25(2,3)4/h8-10,12,14-15H,7,11,13,16H2,1-6H3,(H,28,32)/t26-/m0/s1. The van der Waals surface area contributed by atoms with Crippen molar-refractivity contribution in [2.45, 2.75) is 44.5 Å². The number of carbonyl (C=O) groups excluding carboxylic acids is 2. The highest BCUT2D eigenvalue weighted by Crippen LogP contribution is 2.37. The molecule has 0 bridgehead atoms. The average molecular weight is 512 g/mol. The topological polar surface area (TPSA) is 98.6 Å². The van der Waals surface area contributed by atoms with Crippen LogP contribution in [0.2, 0.25) is 0 Å². The number of aromatic nitrogens is 3. The quantitative estimate of drug-likeness (QED) is 0.511. The maximum absolute atomic E-state index is 13.5. The summed E-state index contributed by atoms with van der Waals surface area (Å²) in [6.07, 6.45) is 3.76. The molecule has 3 heterocycles. The van der Waals surface area contributed by atoms with Crippen LogP contribution in [-0.4, -0.2) is 68.0 Å². The second kappa shape index (κ2) is 10.0. The van der Waals surface area contributed by atoms with Crippen molar-refractivity contribution in [3.63, 3.8) is 0 Å². The molecule has 2 amide bonds.